The van der Waals surface area contributed by atoms with Gasteiger partial charge in [-0.05, 0) is 52.4 Å². The summed E-state index contributed by atoms with van der Waals surface area (Å²) in [5.41, 5.74) is 2.30. The van der Waals surface area contributed by atoms with Crippen LogP contribution in [0.2, 0.25) is 0 Å². The molecule has 1 aromatic carbocycles. The standard InChI is InChI=1S/C14H11BrFNO2/c1-6-2-3-8-11(14(18)19)9-4-7(16)5-10(15)13(9)17-12(6)8/h4-6H,2-3H2,1H3,(H,18,19). The normalized spacial score (nSPS) is 17.7. The topological polar surface area (TPSA) is 50.2 Å². The number of aromatic nitrogens is 1. The number of carboxylic acid groups (broad SMARTS) is 1. The van der Waals surface area contributed by atoms with Crippen molar-refractivity contribution in [3.05, 3.63) is 39.2 Å². The van der Waals surface area contributed by atoms with E-state index in [1.165, 1.54) is 12.1 Å². The van der Waals surface area contributed by atoms with E-state index in [1.54, 1.807) is 0 Å². The maximum Gasteiger partial charge on any atom is 0.336 e. The number of hydrogen-bond acceptors (Lipinski definition) is 2. The Morgan fingerprint density at radius 2 is 2.26 bits per heavy atom. The van der Waals surface area contributed by atoms with Gasteiger partial charge in [-0.15, -0.1) is 0 Å². The highest BCUT2D eigenvalue weighted by atomic mass is 79.9. The lowest BCUT2D eigenvalue weighted by Crippen LogP contribution is -2.06. The van der Waals surface area contributed by atoms with Crippen molar-refractivity contribution in [2.24, 2.45) is 0 Å². The second kappa shape index (κ2) is 4.27. The number of nitrogens with zero attached hydrogens (tertiary/aromatic N) is 1. The number of fused-ring (bicyclic) bond motifs is 2. The molecule has 0 spiro atoms. The number of pyridine rings is 1. The molecule has 0 amide bonds. The summed E-state index contributed by atoms with van der Waals surface area (Å²) in [6, 6.07) is 2.56. The second-order valence-electron chi connectivity index (χ2n) is 4.88. The SMILES string of the molecule is CC1CCc2c1nc1c(Br)cc(F)cc1c2C(=O)O. The van der Waals surface area contributed by atoms with Crippen LogP contribution >= 0.6 is 15.9 Å². The minimum absolute atomic E-state index is 0.199. The highest BCUT2D eigenvalue weighted by Gasteiger charge is 2.28. The molecule has 3 rings (SSSR count). The zero-order chi connectivity index (χ0) is 13.7. The maximum absolute atomic E-state index is 13.5. The highest BCUT2D eigenvalue weighted by Crippen LogP contribution is 2.38. The molecule has 0 saturated carbocycles. The van der Waals surface area contributed by atoms with Crippen LogP contribution in [-0.2, 0) is 6.42 Å². The van der Waals surface area contributed by atoms with Gasteiger partial charge in [0, 0.05) is 15.6 Å². The Balaban J connectivity index is 2.49. The zero-order valence-electron chi connectivity index (χ0n) is 10.2. The number of carboxylic acids is 1. The van der Waals surface area contributed by atoms with Gasteiger partial charge in [-0.2, -0.15) is 0 Å². The fourth-order valence-corrected chi connectivity index (χ4v) is 3.27. The largest absolute Gasteiger partial charge is 0.478 e. The van der Waals surface area contributed by atoms with Crippen LogP contribution in [0, 0.1) is 5.82 Å². The van der Waals surface area contributed by atoms with Crippen LogP contribution in [0.4, 0.5) is 4.39 Å². The third-order valence-corrected chi connectivity index (χ3v) is 4.25. The molecule has 3 nitrogen and oxygen atoms in total. The predicted octanol–water partition coefficient (Wildman–Crippen LogP) is 3.88. The fourth-order valence-electron chi connectivity index (χ4n) is 2.75. The van der Waals surface area contributed by atoms with Crippen molar-refractivity contribution in [1.82, 2.24) is 4.98 Å². The van der Waals surface area contributed by atoms with Crippen molar-refractivity contribution >= 4 is 32.8 Å². The first kappa shape index (κ1) is 12.5. The van der Waals surface area contributed by atoms with Crippen molar-refractivity contribution in [1.29, 1.82) is 0 Å². The molecule has 2 aromatic rings. The van der Waals surface area contributed by atoms with E-state index in [1.807, 2.05) is 6.92 Å². The fraction of sp³-hybridized carbons (Fsp3) is 0.286. The average molecular weight is 324 g/mol. The molecule has 0 fully saturated rings. The summed E-state index contributed by atoms with van der Waals surface area (Å²) < 4.78 is 14.0. The van der Waals surface area contributed by atoms with Crippen LogP contribution in [0.3, 0.4) is 0 Å². The van der Waals surface area contributed by atoms with Crippen LogP contribution in [0.15, 0.2) is 16.6 Å². The van der Waals surface area contributed by atoms with Crippen molar-refractivity contribution < 1.29 is 14.3 Å². The van der Waals surface area contributed by atoms with Crippen LogP contribution in [0.25, 0.3) is 10.9 Å². The summed E-state index contributed by atoms with van der Waals surface area (Å²) >= 11 is 3.26. The molecule has 0 bridgehead atoms. The first-order valence-corrected chi connectivity index (χ1v) is 6.83. The van der Waals surface area contributed by atoms with E-state index < -0.39 is 11.8 Å². The summed E-state index contributed by atoms with van der Waals surface area (Å²) in [5.74, 6) is -1.24. The molecular weight excluding hydrogens is 313 g/mol. The number of rotatable bonds is 1. The Bertz CT molecular complexity index is 714. The smallest absolute Gasteiger partial charge is 0.336 e. The molecule has 1 aliphatic carbocycles. The Morgan fingerprint density at radius 3 is 2.95 bits per heavy atom. The van der Waals surface area contributed by atoms with Gasteiger partial charge in [0.25, 0.3) is 0 Å². The number of carbonyl (C=O) groups is 1. The lowest BCUT2D eigenvalue weighted by atomic mass is 10.0. The van der Waals surface area contributed by atoms with Gasteiger partial charge in [0.1, 0.15) is 5.82 Å². The Kier molecular flexibility index (Phi) is 2.82. The molecular formula is C14H11BrFNO2. The van der Waals surface area contributed by atoms with E-state index in [4.69, 9.17) is 0 Å². The summed E-state index contributed by atoms with van der Waals surface area (Å²) in [7, 11) is 0. The molecule has 98 valence electrons. The third kappa shape index (κ3) is 1.84. The summed E-state index contributed by atoms with van der Waals surface area (Å²) in [6.07, 6.45) is 1.58. The third-order valence-electron chi connectivity index (χ3n) is 3.65. The van der Waals surface area contributed by atoms with E-state index in [2.05, 4.69) is 20.9 Å². The lowest BCUT2D eigenvalue weighted by Gasteiger charge is -2.11. The number of benzene rings is 1. The summed E-state index contributed by atoms with van der Waals surface area (Å²) in [5, 5.41) is 9.82. The monoisotopic (exact) mass is 323 g/mol. The molecule has 0 radical (unpaired) electrons. The van der Waals surface area contributed by atoms with E-state index in [9.17, 15) is 14.3 Å². The Hall–Kier alpha value is -1.49. The molecule has 1 N–H and O–H groups in total. The summed E-state index contributed by atoms with van der Waals surface area (Å²) in [4.78, 5) is 16.1. The van der Waals surface area contributed by atoms with Crippen LogP contribution < -0.4 is 0 Å². The molecule has 5 heteroatoms. The molecule has 1 unspecified atom stereocenters. The van der Waals surface area contributed by atoms with Gasteiger partial charge in [-0.1, -0.05) is 6.92 Å². The first-order valence-electron chi connectivity index (χ1n) is 6.04. The minimum atomic E-state index is -1.02. The van der Waals surface area contributed by atoms with Crippen molar-refractivity contribution in [3.8, 4) is 0 Å². The lowest BCUT2D eigenvalue weighted by molar-refractivity contribution is 0.0698. The molecule has 19 heavy (non-hydrogen) atoms. The Labute approximate surface area is 117 Å². The number of aromatic carboxylic acids is 1. The maximum atomic E-state index is 13.5. The van der Waals surface area contributed by atoms with Crippen molar-refractivity contribution in [2.45, 2.75) is 25.7 Å². The molecule has 1 aromatic heterocycles. The second-order valence-corrected chi connectivity index (χ2v) is 5.73. The molecule has 1 aliphatic rings. The van der Waals surface area contributed by atoms with E-state index in [-0.39, 0.29) is 11.5 Å². The van der Waals surface area contributed by atoms with Crippen LogP contribution in [-0.4, -0.2) is 16.1 Å². The van der Waals surface area contributed by atoms with E-state index >= 15 is 0 Å². The van der Waals surface area contributed by atoms with Gasteiger partial charge >= 0.3 is 5.97 Å². The molecule has 0 aliphatic heterocycles. The minimum Gasteiger partial charge on any atom is -0.478 e. The molecule has 1 heterocycles. The van der Waals surface area contributed by atoms with E-state index in [0.717, 1.165) is 17.7 Å². The number of halogens is 2. The van der Waals surface area contributed by atoms with Crippen LogP contribution in [0.1, 0.15) is 40.9 Å². The van der Waals surface area contributed by atoms with Crippen molar-refractivity contribution in [3.63, 3.8) is 0 Å². The highest BCUT2D eigenvalue weighted by molar-refractivity contribution is 9.10. The molecule has 1 atom stereocenters. The van der Waals surface area contributed by atoms with Gasteiger partial charge in [0.15, 0.2) is 0 Å². The van der Waals surface area contributed by atoms with Crippen LogP contribution in [0.5, 0.6) is 0 Å². The average Bonchev–Trinajstić information content (AvgIpc) is 2.68. The first-order chi connectivity index (χ1) is 8.99. The van der Waals surface area contributed by atoms with Gasteiger partial charge in [-0.25, -0.2) is 9.18 Å². The number of hydrogen-bond donors (Lipinski definition) is 1. The van der Waals surface area contributed by atoms with Crippen molar-refractivity contribution in [2.75, 3.05) is 0 Å². The molecule has 0 saturated heterocycles. The quantitative estimate of drug-likeness (QED) is 0.866. The predicted molar refractivity (Wildman–Crippen MR) is 73.1 cm³/mol. The van der Waals surface area contributed by atoms with Gasteiger partial charge in [0.05, 0.1) is 11.1 Å². The van der Waals surface area contributed by atoms with Gasteiger partial charge in [-0.3, -0.25) is 4.98 Å². The Morgan fingerprint density at radius 1 is 1.53 bits per heavy atom. The van der Waals surface area contributed by atoms with E-state index in [0.29, 0.717) is 21.8 Å². The van der Waals surface area contributed by atoms with Gasteiger partial charge < -0.3 is 5.11 Å². The zero-order valence-corrected chi connectivity index (χ0v) is 11.8. The van der Waals surface area contributed by atoms with Gasteiger partial charge in [0.2, 0.25) is 0 Å². The summed E-state index contributed by atoms with van der Waals surface area (Å²) in [6.45, 7) is 2.04.